The molecule has 0 radical (unpaired) electrons. The lowest BCUT2D eigenvalue weighted by atomic mass is 10.1. The molecule has 2 rings (SSSR count). The molecule has 1 aromatic carbocycles. The van der Waals surface area contributed by atoms with Gasteiger partial charge in [0.1, 0.15) is 5.82 Å². The minimum atomic E-state index is 0.738. The minimum absolute atomic E-state index is 0.738. The van der Waals surface area contributed by atoms with Gasteiger partial charge in [0.15, 0.2) is 0 Å². The molecule has 3 nitrogen and oxygen atoms in total. The fraction of sp³-hybridized carbons (Fsp3) is 0.500. The van der Waals surface area contributed by atoms with Gasteiger partial charge in [-0.15, -0.1) is 0 Å². The third-order valence-electron chi connectivity index (χ3n) is 3.30. The monoisotopic (exact) mass is 265 g/mol. The topological polar surface area (TPSA) is 40.7 Å². The van der Waals surface area contributed by atoms with Gasteiger partial charge >= 0.3 is 0 Å². The lowest BCUT2D eigenvalue weighted by Gasteiger charge is -2.07. The van der Waals surface area contributed by atoms with E-state index in [1.807, 2.05) is 18.2 Å². The van der Waals surface area contributed by atoms with E-state index in [9.17, 15) is 0 Å². The van der Waals surface area contributed by atoms with Gasteiger partial charge in [-0.1, -0.05) is 31.9 Å². The number of aromatic amines is 1. The molecule has 2 N–H and O–H groups in total. The Morgan fingerprint density at radius 3 is 3.06 bits per heavy atom. The number of fused-ring (bicyclic) bond motifs is 1. The summed E-state index contributed by atoms with van der Waals surface area (Å²) in [6, 6.07) is 5.72. The van der Waals surface area contributed by atoms with Gasteiger partial charge in [0.2, 0.25) is 0 Å². The van der Waals surface area contributed by atoms with Crippen molar-refractivity contribution in [1.82, 2.24) is 15.3 Å². The van der Waals surface area contributed by atoms with Gasteiger partial charge in [-0.25, -0.2) is 4.98 Å². The second kappa shape index (κ2) is 6.21. The molecule has 98 valence electrons. The Kier molecular flexibility index (Phi) is 4.61. The highest BCUT2D eigenvalue weighted by atomic mass is 35.5. The molecule has 1 unspecified atom stereocenters. The van der Waals surface area contributed by atoms with Crippen LogP contribution in [0.25, 0.3) is 11.0 Å². The van der Waals surface area contributed by atoms with Crippen molar-refractivity contribution < 1.29 is 0 Å². The van der Waals surface area contributed by atoms with Gasteiger partial charge in [0.05, 0.1) is 17.6 Å². The van der Waals surface area contributed by atoms with Crippen LogP contribution in [0.1, 0.15) is 32.5 Å². The maximum absolute atomic E-state index is 5.94. The zero-order valence-corrected chi connectivity index (χ0v) is 11.7. The van der Waals surface area contributed by atoms with E-state index in [-0.39, 0.29) is 0 Å². The summed E-state index contributed by atoms with van der Waals surface area (Å²) in [7, 11) is 0. The number of aromatic nitrogens is 2. The smallest absolute Gasteiger partial charge is 0.121 e. The van der Waals surface area contributed by atoms with E-state index in [2.05, 4.69) is 29.1 Å². The first kappa shape index (κ1) is 13.4. The molecule has 2 aromatic rings. The molecule has 0 aliphatic heterocycles. The van der Waals surface area contributed by atoms with Crippen LogP contribution in [0, 0.1) is 5.92 Å². The van der Waals surface area contributed by atoms with E-state index >= 15 is 0 Å². The van der Waals surface area contributed by atoms with Crippen LogP contribution in [0.2, 0.25) is 5.02 Å². The molecule has 0 aliphatic rings. The zero-order valence-electron chi connectivity index (χ0n) is 11.0. The first-order valence-electron chi connectivity index (χ1n) is 6.54. The molecular formula is C14H20ClN3. The van der Waals surface area contributed by atoms with Crippen molar-refractivity contribution in [3.63, 3.8) is 0 Å². The predicted octanol–water partition coefficient (Wildman–Crippen LogP) is 3.74. The second-order valence-electron chi connectivity index (χ2n) is 4.82. The molecular weight excluding hydrogens is 246 g/mol. The Labute approximate surface area is 113 Å². The quantitative estimate of drug-likeness (QED) is 0.781. The SMILES string of the molecule is CCC(C)CCNCc1nc2ccc(Cl)cc2[nH]1. The van der Waals surface area contributed by atoms with E-state index in [4.69, 9.17) is 11.6 Å². The molecule has 0 amide bonds. The van der Waals surface area contributed by atoms with Crippen molar-refractivity contribution in [2.45, 2.75) is 33.2 Å². The Hall–Kier alpha value is -1.06. The van der Waals surface area contributed by atoms with Crippen molar-refractivity contribution in [3.8, 4) is 0 Å². The molecule has 0 bridgehead atoms. The van der Waals surface area contributed by atoms with Crippen molar-refractivity contribution in [1.29, 1.82) is 0 Å². The summed E-state index contributed by atoms with van der Waals surface area (Å²) >= 11 is 5.94. The van der Waals surface area contributed by atoms with Crippen LogP contribution in [0.3, 0.4) is 0 Å². The molecule has 1 atom stereocenters. The van der Waals surface area contributed by atoms with Gasteiger partial charge in [0, 0.05) is 5.02 Å². The van der Waals surface area contributed by atoms with Crippen molar-refractivity contribution >= 4 is 22.6 Å². The average molecular weight is 266 g/mol. The van der Waals surface area contributed by atoms with E-state index in [1.165, 1.54) is 12.8 Å². The number of nitrogens with one attached hydrogen (secondary N) is 2. The number of benzene rings is 1. The van der Waals surface area contributed by atoms with Crippen molar-refractivity contribution in [2.24, 2.45) is 5.92 Å². The molecule has 0 saturated heterocycles. The molecule has 0 aliphatic carbocycles. The van der Waals surface area contributed by atoms with Crippen LogP contribution >= 0.6 is 11.6 Å². The van der Waals surface area contributed by atoms with Gasteiger partial charge < -0.3 is 10.3 Å². The molecule has 0 spiro atoms. The van der Waals surface area contributed by atoms with Gasteiger partial charge in [-0.3, -0.25) is 0 Å². The molecule has 0 saturated carbocycles. The molecule has 1 heterocycles. The minimum Gasteiger partial charge on any atom is -0.341 e. The van der Waals surface area contributed by atoms with E-state index in [0.29, 0.717) is 0 Å². The van der Waals surface area contributed by atoms with Crippen LogP contribution < -0.4 is 5.32 Å². The van der Waals surface area contributed by atoms with Gasteiger partial charge in [0.25, 0.3) is 0 Å². The zero-order chi connectivity index (χ0) is 13.0. The maximum atomic E-state index is 5.94. The van der Waals surface area contributed by atoms with Crippen LogP contribution in [0.15, 0.2) is 18.2 Å². The summed E-state index contributed by atoms with van der Waals surface area (Å²) in [6.45, 7) is 6.33. The fourth-order valence-electron chi connectivity index (χ4n) is 1.88. The Bertz CT molecular complexity index is 507. The van der Waals surface area contributed by atoms with Gasteiger partial charge in [-0.05, 0) is 37.1 Å². The molecule has 1 aromatic heterocycles. The van der Waals surface area contributed by atoms with Gasteiger partial charge in [-0.2, -0.15) is 0 Å². The summed E-state index contributed by atoms with van der Waals surface area (Å²) in [5.74, 6) is 1.75. The second-order valence-corrected chi connectivity index (χ2v) is 5.26. The predicted molar refractivity (Wildman–Crippen MR) is 76.9 cm³/mol. The van der Waals surface area contributed by atoms with Crippen LogP contribution in [-0.2, 0) is 6.54 Å². The maximum Gasteiger partial charge on any atom is 0.121 e. The Balaban J connectivity index is 1.88. The molecule has 4 heteroatoms. The van der Waals surface area contributed by atoms with Crippen molar-refractivity contribution in [3.05, 3.63) is 29.0 Å². The Morgan fingerprint density at radius 2 is 2.28 bits per heavy atom. The van der Waals surface area contributed by atoms with E-state index in [0.717, 1.165) is 40.9 Å². The normalized spacial score (nSPS) is 13.1. The summed E-state index contributed by atoms with van der Waals surface area (Å²) in [4.78, 5) is 7.79. The number of hydrogen-bond acceptors (Lipinski definition) is 2. The summed E-state index contributed by atoms with van der Waals surface area (Å²) in [6.07, 6.45) is 2.45. The third-order valence-corrected chi connectivity index (χ3v) is 3.53. The highest BCUT2D eigenvalue weighted by Gasteiger charge is 2.03. The summed E-state index contributed by atoms with van der Waals surface area (Å²) in [5, 5.41) is 4.15. The number of halogens is 1. The Morgan fingerprint density at radius 1 is 1.44 bits per heavy atom. The van der Waals surface area contributed by atoms with Crippen LogP contribution in [0.5, 0.6) is 0 Å². The number of imidazole rings is 1. The largest absolute Gasteiger partial charge is 0.341 e. The third kappa shape index (κ3) is 3.47. The van der Waals surface area contributed by atoms with Crippen LogP contribution in [-0.4, -0.2) is 16.5 Å². The first-order valence-corrected chi connectivity index (χ1v) is 6.91. The van der Waals surface area contributed by atoms with Crippen molar-refractivity contribution in [2.75, 3.05) is 6.54 Å². The van der Waals surface area contributed by atoms with E-state index in [1.54, 1.807) is 0 Å². The molecule has 18 heavy (non-hydrogen) atoms. The fourth-order valence-corrected chi connectivity index (χ4v) is 2.05. The number of H-pyrrole nitrogens is 1. The summed E-state index contributed by atoms with van der Waals surface area (Å²) < 4.78 is 0. The highest BCUT2D eigenvalue weighted by molar-refractivity contribution is 6.31. The van der Waals surface area contributed by atoms with E-state index < -0.39 is 0 Å². The average Bonchev–Trinajstić information content (AvgIpc) is 2.76. The first-order chi connectivity index (χ1) is 8.69. The highest BCUT2D eigenvalue weighted by Crippen LogP contribution is 2.17. The number of hydrogen-bond donors (Lipinski definition) is 2. The lowest BCUT2D eigenvalue weighted by Crippen LogP contribution is -2.17. The molecule has 0 fully saturated rings. The standard InChI is InChI=1S/C14H20ClN3/c1-3-10(2)6-7-16-9-14-17-12-5-4-11(15)8-13(12)18-14/h4-5,8,10,16H,3,6-7,9H2,1-2H3,(H,17,18). The lowest BCUT2D eigenvalue weighted by molar-refractivity contribution is 0.485. The van der Waals surface area contributed by atoms with Crippen LogP contribution in [0.4, 0.5) is 0 Å². The number of rotatable bonds is 6. The number of nitrogens with zero attached hydrogens (tertiary/aromatic N) is 1. The summed E-state index contributed by atoms with van der Waals surface area (Å²) in [5.41, 5.74) is 1.97.